The first-order valence-corrected chi connectivity index (χ1v) is 6.11. The Morgan fingerprint density at radius 2 is 1.50 bits per heavy atom. The van der Waals surface area contributed by atoms with Crippen LogP contribution in [0.15, 0.2) is 0 Å². The molecule has 0 atom stereocenters. The molecule has 1 heterocycles. The minimum absolute atomic E-state index is 0.656. The first-order valence-electron chi connectivity index (χ1n) is 6.11. The molecule has 0 aromatic rings. The van der Waals surface area contributed by atoms with Crippen molar-refractivity contribution in [2.24, 2.45) is 16.7 Å². The molecule has 14 heavy (non-hydrogen) atoms. The Morgan fingerprint density at radius 3 is 1.86 bits per heavy atom. The van der Waals surface area contributed by atoms with E-state index < -0.39 is 0 Å². The van der Waals surface area contributed by atoms with Gasteiger partial charge in [0.15, 0.2) is 0 Å². The summed E-state index contributed by atoms with van der Waals surface area (Å²) in [5.74, 6) is 0.862. The van der Waals surface area contributed by atoms with E-state index in [1.54, 1.807) is 0 Å². The smallest absolute Gasteiger partial charge is 0.00536 e. The number of nitrogens with zero attached hydrogens (tertiary/aromatic N) is 1. The summed E-state index contributed by atoms with van der Waals surface area (Å²) in [5, 5.41) is 0. The van der Waals surface area contributed by atoms with E-state index in [2.05, 4.69) is 39.5 Å². The van der Waals surface area contributed by atoms with Gasteiger partial charge in [0.1, 0.15) is 0 Å². The summed E-state index contributed by atoms with van der Waals surface area (Å²) in [7, 11) is 0. The third kappa shape index (κ3) is 1.41. The normalized spacial score (nSPS) is 29.4. The van der Waals surface area contributed by atoms with E-state index in [0.717, 1.165) is 17.4 Å². The largest absolute Gasteiger partial charge is 0.300 e. The van der Waals surface area contributed by atoms with Gasteiger partial charge in [-0.2, -0.15) is 0 Å². The second kappa shape index (κ2) is 2.98. The molecule has 82 valence electrons. The fourth-order valence-corrected chi connectivity index (χ4v) is 3.47. The second-order valence-corrected chi connectivity index (χ2v) is 6.66. The van der Waals surface area contributed by atoms with Crippen molar-refractivity contribution in [1.29, 1.82) is 0 Å². The SMILES string of the molecule is CC(C)N1CC2(C1)CC(C)(C(C)C)C2. The van der Waals surface area contributed by atoms with E-state index in [4.69, 9.17) is 0 Å². The van der Waals surface area contributed by atoms with Crippen molar-refractivity contribution in [2.45, 2.75) is 53.5 Å². The predicted molar refractivity (Wildman–Crippen MR) is 61.3 cm³/mol. The van der Waals surface area contributed by atoms with Crippen molar-refractivity contribution >= 4 is 0 Å². The fourth-order valence-electron chi connectivity index (χ4n) is 3.47. The van der Waals surface area contributed by atoms with E-state index in [0.29, 0.717) is 5.41 Å². The standard InChI is InChI=1S/C13H25N/c1-10(2)12(5)6-13(7-12)8-14(9-13)11(3)4/h10-11H,6-9H2,1-5H3. The van der Waals surface area contributed by atoms with Crippen LogP contribution in [0.25, 0.3) is 0 Å². The van der Waals surface area contributed by atoms with Crippen molar-refractivity contribution in [2.75, 3.05) is 13.1 Å². The third-order valence-electron chi connectivity index (χ3n) is 4.76. The van der Waals surface area contributed by atoms with Crippen molar-refractivity contribution in [3.05, 3.63) is 0 Å². The van der Waals surface area contributed by atoms with Crippen LogP contribution in [0.1, 0.15) is 47.5 Å². The second-order valence-electron chi connectivity index (χ2n) is 6.66. The molecule has 0 unspecified atom stereocenters. The molecule has 1 spiro atoms. The zero-order valence-corrected chi connectivity index (χ0v) is 10.4. The van der Waals surface area contributed by atoms with Crippen LogP contribution in [-0.4, -0.2) is 24.0 Å². The highest BCUT2D eigenvalue weighted by atomic mass is 15.2. The van der Waals surface area contributed by atoms with E-state index in [-0.39, 0.29) is 0 Å². The van der Waals surface area contributed by atoms with Gasteiger partial charge in [0.05, 0.1) is 0 Å². The summed E-state index contributed by atoms with van der Waals surface area (Å²) in [6.45, 7) is 14.6. The van der Waals surface area contributed by atoms with Crippen LogP contribution in [0, 0.1) is 16.7 Å². The van der Waals surface area contributed by atoms with Crippen LogP contribution >= 0.6 is 0 Å². The van der Waals surface area contributed by atoms with Gasteiger partial charge in [0.25, 0.3) is 0 Å². The van der Waals surface area contributed by atoms with E-state index in [9.17, 15) is 0 Å². The molecule has 0 aromatic carbocycles. The maximum atomic E-state index is 2.61. The van der Waals surface area contributed by atoms with Crippen LogP contribution in [0.2, 0.25) is 0 Å². The van der Waals surface area contributed by atoms with Crippen molar-refractivity contribution in [3.63, 3.8) is 0 Å². The van der Waals surface area contributed by atoms with Gasteiger partial charge in [0.2, 0.25) is 0 Å². The molecular formula is C13H25N. The van der Waals surface area contributed by atoms with E-state index in [1.165, 1.54) is 25.9 Å². The molecule has 0 bridgehead atoms. The molecule has 1 saturated heterocycles. The van der Waals surface area contributed by atoms with E-state index >= 15 is 0 Å². The topological polar surface area (TPSA) is 3.24 Å². The average Bonchev–Trinajstić information content (AvgIpc) is 1.92. The Bertz CT molecular complexity index is 215. The van der Waals surface area contributed by atoms with Gasteiger partial charge in [-0.15, -0.1) is 0 Å². The van der Waals surface area contributed by atoms with Crippen molar-refractivity contribution in [3.8, 4) is 0 Å². The summed E-state index contributed by atoms with van der Waals surface area (Å²) in [5.41, 5.74) is 1.40. The monoisotopic (exact) mass is 195 g/mol. The van der Waals surface area contributed by atoms with Crippen LogP contribution in [0.4, 0.5) is 0 Å². The zero-order valence-electron chi connectivity index (χ0n) is 10.4. The molecule has 0 aromatic heterocycles. The summed E-state index contributed by atoms with van der Waals surface area (Å²) in [4.78, 5) is 2.61. The highest BCUT2D eigenvalue weighted by Gasteiger charge is 2.58. The molecule has 0 N–H and O–H groups in total. The Morgan fingerprint density at radius 1 is 1.00 bits per heavy atom. The maximum Gasteiger partial charge on any atom is 0.00536 e. The first kappa shape index (κ1) is 10.5. The average molecular weight is 195 g/mol. The van der Waals surface area contributed by atoms with Gasteiger partial charge in [-0.05, 0) is 43.4 Å². The summed E-state index contributed by atoms with van der Waals surface area (Å²) >= 11 is 0. The minimum atomic E-state index is 0.656. The van der Waals surface area contributed by atoms with Crippen LogP contribution in [0.3, 0.4) is 0 Å². The third-order valence-corrected chi connectivity index (χ3v) is 4.76. The minimum Gasteiger partial charge on any atom is -0.300 e. The van der Waals surface area contributed by atoms with Crippen molar-refractivity contribution in [1.82, 2.24) is 4.90 Å². The van der Waals surface area contributed by atoms with Gasteiger partial charge in [-0.1, -0.05) is 20.8 Å². The van der Waals surface area contributed by atoms with Gasteiger partial charge in [0, 0.05) is 19.1 Å². The lowest BCUT2D eigenvalue weighted by molar-refractivity contribution is -0.161. The highest BCUT2D eigenvalue weighted by molar-refractivity contribution is 5.10. The van der Waals surface area contributed by atoms with Crippen LogP contribution < -0.4 is 0 Å². The molecule has 2 fully saturated rings. The molecule has 1 saturated carbocycles. The lowest BCUT2D eigenvalue weighted by atomic mass is 9.47. The number of hydrogen-bond donors (Lipinski definition) is 0. The van der Waals surface area contributed by atoms with Crippen LogP contribution in [-0.2, 0) is 0 Å². The quantitative estimate of drug-likeness (QED) is 0.654. The number of likely N-dealkylation sites (tertiary alicyclic amines) is 1. The molecule has 2 aliphatic rings. The lowest BCUT2D eigenvalue weighted by Gasteiger charge is -2.66. The zero-order chi connectivity index (χ0) is 10.6. The van der Waals surface area contributed by atoms with Crippen molar-refractivity contribution < 1.29 is 0 Å². The molecular weight excluding hydrogens is 170 g/mol. The Hall–Kier alpha value is -0.0400. The molecule has 2 rings (SSSR count). The Labute approximate surface area is 88.9 Å². The molecule has 1 nitrogen and oxygen atoms in total. The highest BCUT2D eigenvalue weighted by Crippen LogP contribution is 2.61. The number of rotatable bonds is 2. The van der Waals surface area contributed by atoms with Gasteiger partial charge >= 0.3 is 0 Å². The van der Waals surface area contributed by atoms with Gasteiger partial charge < -0.3 is 0 Å². The lowest BCUT2D eigenvalue weighted by Crippen LogP contribution is -2.67. The Balaban J connectivity index is 1.85. The fraction of sp³-hybridized carbons (Fsp3) is 1.00. The molecule has 1 heteroatoms. The Kier molecular flexibility index (Phi) is 2.23. The molecule has 1 aliphatic carbocycles. The number of hydrogen-bond acceptors (Lipinski definition) is 1. The summed E-state index contributed by atoms with van der Waals surface area (Å²) < 4.78 is 0. The first-order chi connectivity index (χ1) is 6.37. The molecule has 0 radical (unpaired) electrons. The summed E-state index contributed by atoms with van der Waals surface area (Å²) in [6.07, 6.45) is 2.95. The maximum absolute atomic E-state index is 2.61. The van der Waals surface area contributed by atoms with Crippen LogP contribution in [0.5, 0.6) is 0 Å². The van der Waals surface area contributed by atoms with E-state index in [1.807, 2.05) is 0 Å². The molecule has 1 aliphatic heterocycles. The predicted octanol–water partition coefficient (Wildman–Crippen LogP) is 3.15. The van der Waals surface area contributed by atoms with Gasteiger partial charge in [-0.25, -0.2) is 0 Å². The van der Waals surface area contributed by atoms with Gasteiger partial charge in [-0.3, -0.25) is 4.90 Å². The summed E-state index contributed by atoms with van der Waals surface area (Å²) in [6, 6.07) is 0.756. The molecule has 0 amide bonds.